The van der Waals surface area contributed by atoms with E-state index in [2.05, 4.69) is 9.97 Å². The van der Waals surface area contributed by atoms with Gasteiger partial charge in [-0.1, -0.05) is 27.2 Å². The van der Waals surface area contributed by atoms with E-state index < -0.39 is 11.6 Å². The van der Waals surface area contributed by atoms with Gasteiger partial charge < -0.3 is 9.72 Å². The molecule has 2 heterocycles. The van der Waals surface area contributed by atoms with Crippen LogP contribution in [0.25, 0.3) is 0 Å². The summed E-state index contributed by atoms with van der Waals surface area (Å²) < 4.78 is 5.59. The van der Waals surface area contributed by atoms with Crippen molar-refractivity contribution in [3.63, 3.8) is 0 Å². The molecule has 0 saturated heterocycles. The summed E-state index contributed by atoms with van der Waals surface area (Å²) in [5, 5.41) is 0. The molecule has 108 valence electrons. The molecule has 1 aliphatic heterocycles. The molecule has 5 nitrogen and oxygen atoms in total. The van der Waals surface area contributed by atoms with Crippen LogP contribution in [0.1, 0.15) is 74.8 Å². The highest BCUT2D eigenvalue weighted by atomic mass is 16.6. The smallest absolute Gasteiger partial charge is 0.346 e. The van der Waals surface area contributed by atoms with Crippen molar-refractivity contribution in [1.82, 2.24) is 9.97 Å². The van der Waals surface area contributed by atoms with E-state index in [0.717, 1.165) is 32.1 Å². The third-order valence-electron chi connectivity index (χ3n) is 4.21. The van der Waals surface area contributed by atoms with E-state index in [-0.39, 0.29) is 16.5 Å². The third-order valence-corrected chi connectivity index (χ3v) is 4.21. The third kappa shape index (κ3) is 1.87. The molecule has 1 aromatic rings. The average Bonchev–Trinajstić information content (AvgIpc) is 2.62. The number of ether oxygens (including phenoxy) is 1. The van der Waals surface area contributed by atoms with Gasteiger partial charge in [-0.3, -0.25) is 4.79 Å². The normalized spacial score (nSPS) is 20.9. The van der Waals surface area contributed by atoms with E-state index in [0.29, 0.717) is 11.5 Å². The molecule has 2 aliphatic rings. The molecular formula is C15H20N2O3. The fourth-order valence-corrected chi connectivity index (χ4v) is 3.09. The number of hydrogen-bond acceptors (Lipinski definition) is 4. The predicted molar refractivity (Wildman–Crippen MR) is 73.7 cm³/mol. The van der Waals surface area contributed by atoms with Crippen LogP contribution in [0.5, 0.6) is 0 Å². The zero-order valence-corrected chi connectivity index (χ0v) is 12.2. The highest BCUT2D eigenvalue weighted by Gasteiger charge is 2.49. The number of nitrogens with one attached hydrogen (secondary N) is 1. The van der Waals surface area contributed by atoms with Crippen LogP contribution in [-0.4, -0.2) is 15.9 Å². The first-order chi connectivity index (χ1) is 9.33. The first kappa shape index (κ1) is 13.3. The van der Waals surface area contributed by atoms with Crippen LogP contribution >= 0.6 is 0 Å². The van der Waals surface area contributed by atoms with Gasteiger partial charge in [-0.05, 0) is 25.7 Å². The number of aromatic amines is 1. The fraction of sp³-hybridized carbons (Fsp3) is 0.667. The molecule has 0 aromatic carbocycles. The number of carbonyl (C=O) groups excluding carboxylic acids is 1. The monoisotopic (exact) mass is 276 g/mol. The van der Waals surface area contributed by atoms with Gasteiger partial charge in [0.1, 0.15) is 11.5 Å². The maximum atomic E-state index is 12.2. The van der Waals surface area contributed by atoms with Crippen molar-refractivity contribution in [3.8, 4) is 0 Å². The van der Waals surface area contributed by atoms with Gasteiger partial charge in [-0.2, -0.15) is 0 Å². The number of carbonyl (C=O) groups is 1. The molecule has 5 heteroatoms. The summed E-state index contributed by atoms with van der Waals surface area (Å²) in [6, 6.07) is 0. The Morgan fingerprint density at radius 3 is 2.40 bits per heavy atom. The highest BCUT2D eigenvalue weighted by Crippen LogP contribution is 2.45. The number of aromatic nitrogens is 2. The number of rotatable bonds is 0. The van der Waals surface area contributed by atoms with Crippen LogP contribution in [-0.2, 0) is 15.8 Å². The van der Waals surface area contributed by atoms with Crippen LogP contribution in [0.4, 0.5) is 0 Å². The molecule has 1 N–H and O–H groups in total. The maximum Gasteiger partial charge on any atom is 0.346 e. The number of fused-ring (bicyclic) bond motifs is 2. The summed E-state index contributed by atoms with van der Waals surface area (Å²) in [6.07, 6.45) is 4.69. The molecule has 1 aromatic heterocycles. The molecule has 3 rings (SSSR count). The lowest BCUT2D eigenvalue weighted by atomic mass is 9.82. The van der Waals surface area contributed by atoms with Crippen molar-refractivity contribution in [2.24, 2.45) is 0 Å². The van der Waals surface area contributed by atoms with E-state index in [1.165, 1.54) is 0 Å². The summed E-state index contributed by atoms with van der Waals surface area (Å²) in [7, 11) is 0. The minimum Gasteiger partial charge on any atom is -0.449 e. The SMILES string of the molecule is CC(C)(C)c1nc2c(c(=O)[nH]1)C(=O)OC21CCCCC1. The number of esters is 1. The van der Waals surface area contributed by atoms with Gasteiger partial charge in [-0.15, -0.1) is 0 Å². The second kappa shape index (κ2) is 4.17. The van der Waals surface area contributed by atoms with Crippen molar-refractivity contribution in [3.05, 3.63) is 27.4 Å². The molecule has 20 heavy (non-hydrogen) atoms. The Balaban J connectivity index is 2.21. The largest absolute Gasteiger partial charge is 0.449 e. The lowest BCUT2D eigenvalue weighted by Crippen LogP contribution is -2.32. The van der Waals surface area contributed by atoms with Crippen LogP contribution in [0.3, 0.4) is 0 Å². The average molecular weight is 276 g/mol. The number of hydrogen-bond donors (Lipinski definition) is 1. The van der Waals surface area contributed by atoms with E-state index in [9.17, 15) is 9.59 Å². The molecule has 0 bridgehead atoms. The molecular weight excluding hydrogens is 256 g/mol. The molecule has 0 amide bonds. The minimum absolute atomic E-state index is 0.111. The number of H-pyrrole nitrogens is 1. The topological polar surface area (TPSA) is 72.0 Å². The summed E-state index contributed by atoms with van der Waals surface area (Å²) in [5.41, 5.74) is -0.614. The Labute approximate surface area is 117 Å². The zero-order valence-electron chi connectivity index (χ0n) is 12.2. The van der Waals surface area contributed by atoms with E-state index >= 15 is 0 Å². The summed E-state index contributed by atoms with van der Waals surface area (Å²) in [4.78, 5) is 31.6. The lowest BCUT2D eigenvalue weighted by molar-refractivity contribution is -0.0300. The molecule has 1 spiro atoms. The second-order valence-corrected chi connectivity index (χ2v) is 6.83. The molecule has 0 unspecified atom stereocenters. The van der Waals surface area contributed by atoms with Crippen LogP contribution in [0.15, 0.2) is 4.79 Å². The first-order valence-electron chi connectivity index (χ1n) is 7.22. The fourth-order valence-electron chi connectivity index (χ4n) is 3.09. The maximum absolute atomic E-state index is 12.2. The zero-order chi connectivity index (χ0) is 14.5. The van der Waals surface area contributed by atoms with Gasteiger partial charge in [0.05, 0.1) is 0 Å². The Kier molecular flexibility index (Phi) is 2.78. The van der Waals surface area contributed by atoms with Crippen molar-refractivity contribution < 1.29 is 9.53 Å². The van der Waals surface area contributed by atoms with Gasteiger partial charge >= 0.3 is 5.97 Å². The van der Waals surface area contributed by atoms with Gasteiger partial charge in [-0.25, -0.2) is 9.78 Å². The van der Waals surface area contributed by atoms with Crippen LogP contribution < -0.4 is 5.56 Å². The van der Waals surface area contributed by atoms with Gasteiger partial charge in [0, 0.05) is 5.41 Å². The lowest BCUT2D eigenvalue weighted by Gasteiger charge is -2.32. The van der Waals surface area contributed by atoms with Crippen molar-refractivity contribution in [1.29, 1.82) is 0 Å². The van der Waals surface area contributed by atoms with Gasteiger partial charge in [0.25, 0.3) is 5.56 Å². The van der Waals surface area contributed by atoms with E-state index in [4.69, 9.17) is 4.74 Å². The van der Waals surface area contributed by atoms with Crippen LogP contribution in [0, 0.1) is 0 Å². The van der Waals surface area contributed by atoms with Crippen LogP contribution in [0.2, 0.25) is 0 Å². The Morgan fingerprint density at radius 2 is 1.80 bits per heavy atom. The Bertz CT molecular complexity index is 619. The molecule has 0 atom stereocenters. The summed E-state index contributed by atoms with van der Waals surface area (Å²) in [5.74, 6) is 0.0978. The van der Waals surface area contributed by atoms with Crippen molar-refractivity contribution >= 4 is 5.97 Å². The van der Waals surface area contributed by atoms with E-state index in [1.54, 1.807) is 0 Å². The standard InChI is InChI=1S/C15H20N2O3/c1-14(2,3)13-16-10-9(11(18)17-13)12(19)20-15(10)7-5-4-6-8-15/h4-8H2,1-3H3,(H,16,17,18). The molecule has 1 fully saturated rings. The number of nitrogens with zero attached hydrogens (tertiary/aromatic N) is 1. The summed E-state index contributed by atoms with van der Waals surface area (Å²) >= 11 is 0. The van der Waals surface area contributed by atoms with Gasteiger partial charge in [0.15, 0.2) is 11.2 Å². The summed E-state index contributed by atoms with van der Waals surface area (Å²) in [6.45, 7) is 5.97. The quantitative estimate of drug-likeness (QED) is 0.738. The predicted octanol–water partition coefficient (Wildman–Crippen LogP) is 2.40. The van der Waals surface area contributed by atoms with Gasteiger partial charge in [0.2, 0.25) is 0 Å². The molecule has 1 saturated carbocycles. The minimum atomic E-state index is -0.654. The highest BCUT2D eigenvalue weighted by molar-refractivity contribution is 5.93. The molecule has 1 aliphatic carbocycles. The van der Waals surface area contributed by atoms with Crippen molar-refractivity contribution in [2.45, 2.75) is 63.9 Å². The Hall–Kier alpha value is -1.65. The Morgan fingerprint density at radius 1 is 1.15 bits per heavy atom. The first-order valence-corrected chi connectivity index (χ1v) is 7.22. The van der Waals surface area contributed by atoms with E-state index in [1.807, 2.05) is 20.8 Å². The molecule has 0 radical (unpaired) electrons. The van der Waals surface area contributed by atoms with Crippen molar-refractivity contribution in [2.75, 3.05) is 0 Å². The second-order valence-electron chi connectivity index (χ2n) is 6.83.